The van der Waals surface area contributed by atoms with Crippen LogP contribution < -0.4 is 10.1 Å². The molecule has 2 aromatic rings. The van der Waals surface area contributed by atoms with Gasteiger partial charge in [0, 0.05) is 11.5 Å². The van der Waals surface area contributed by atoms with Gasteiger partial charge in [0.15, 0.2) is 0 Å². The number of hydrogen-bond donors (Lipinski definition) is 3. The Labute approximate surface area is 151 Å². The van der Waals surface area contributed by atoms with Crippen LogP contribution in [0, 0.1) is 0 Å². The van der Waals surface area contributed by atoms with Gasteiger partial charge in [0.1, 0.15) is 5.75 Å². The second-order valence-corrected chi connectivity index (χ2v) is 6.56. The number of benzene rings is 2. The Hall–Kier alpha value is -2.02. The smallest absolute Gasteiger partial charge is 0.475 e. The van der Waals surface area contributed by atoms with Gasteiger partial charge in [-0.3, -0.25) is 4.79 Å². The lowest BCUT2D eigenvalue weighted by molar-refractivity contribution is -0.120. The van der Waals surface area contributed by atoms with Crippen molar-refractivity contribution < 1.29 is 19.6 Å². The van der Waals surface area contributed by atoms with Gasteiger partial charge in [-0.05, 0) is 18.1 Å². The second-order valence-electron chi connectivity index (χ2n) is 6.15. The molecular formula is C18H19BClNO4. The minimum Gasteiger partial charge on any atom is -0.491 e. The molecule has 1 amide bonds. The number of carbonyl (C=O) groups excluding carboxylic acids is 1. The summed E-state index contributed by atoms with van der Waals surface area (Å²) in [6.45, 7) is 0.400. The molecule has 1 heterocycles. The zero-order chi connectivity index (χ0) is 17.8. The number of fused-ring (bicyclic) bond motifs is 1. The first-order valence-corrected chi connectivity index (χ1v) is 8.53. The average Bonchev–Trinajstić information content (AvgIpc) is 2.99. The highest BCUT2D eigenvalue weighted by atomic mass is 35.5. The number of hydrogen-bond acceptors (Lipinski definition) is 4. The standard InChI is InChI=1S/C18H19BClNO4/c20-15-8-4-7-14-13(11-25-18(14)15)10-16(19(23)24)21-17(22)9-12-5-2-1-3-6-12/h1-8,13,16,23-24H,9-11H2,(H,21,22)/t13-,16?/m0/s1. The summed E-state index contributed by atoms with van der Waals surface area (Å²) in [5.41, 5.74) is 1.79. The van der Waals surface area contributed by atoms with E-state index in [4.69, 9.17) is 16.3 Å². The van der Waals surface area contributed by atoms with Crippen LogP contribution in [0.3, 0.4) is 0 Å². The predicted molar refractivity (Wildman–Crippen MR) is 96.6 cm³/mol. The Morgan fingerprint density at radius 3 is 2.72 bits per heavy atom. The molecule has 130 valence electrons. The quantitative estimate of drug-likeness (QED) is 0.689. The molecule has 0 saturated carbocycles. The van der Waals surface area contributed by atoms with E-state index in [2.05, 4.69) is 5.32 Å². The third-order valence-corrected chi connectivity index (χ3v) is 4.62. The summed E-state index contributed by atoms with van der Waals surface area (Å²) < 4.78 is 5.62. The van der Waals surface area contributed by atoms with Gasteiger partial charge in [-0.25, -0.2) is 0 Å². The van der Waals surface area contributed by atoms with E-state index in [0.29, 0.717) is 23.8 Å². The molecule has 25 heavy (non-hydrogen) atoms. The minimum atomic E-state index is -1.65. The molecule has 2 aromatic carbocycles. The summed E-state index contributed by atoms with van der Waals surface area (Å²) >= 11 is 6.12. The first-order valence-electron chi connectivity index (χ1n) is 8.15. The van der Waals surface area contributed by atoms with Crippen molar-refractivity contribution in [2.45, 2.75) is 24.7 Å². The fraction of sp³-hybridized carbons (Fsp3) is 0.278. The summed E-state index contributed by atoms with van der Waals surface area (Å²) in [6, 6.07) is 14.8. The molecule has 0 aliphatic carbocycles. The fourth-order valence-electron chi connectivity index (χ4n) is 3.07. The van der Waals surface area contributed by atoms with Crippen LogP contribution >= 0.6 is 11.6 Å². The lowest BCUT2D eigenvalue weighted by Gasteiger charge is -2.21. The van der Waals surface area contributed by atoms with Crippen molar-refractivity contribution in [1.82, 2.24) is 5.32 Å². The molecular weight excluding hydrogens is 340 g/mol. The lowest BCUT2D eigenvalue weighted by Crippen LogP contribution is -2.47. The molecule has 0 aromatic heterocycles. The Bertz CT molecular complexity index is 741. The summed E-state index contributed by atoms with van der Waals surface area (Å²) in [5.74, 6) is -0.460. The third kappa shape index (κ3) is 4.34. The molecule has 0 bridgehead atoms. The number of amides is 1. The zero-order valence-corrected chi connectivity index (χ0v) is 14.3. The molecule has 3 N–H and O–H groups in total. The van der Waals surface area contributed by atoms with E-state index >= 15 is 0 Å². The van der Waals surface area contributed by atoms with Crippen LogP contribution in [-0.4, -0.2) is 35.6 Å². The Kier molecular flexibility index (Phi) is 5.63. The topological polar surface area (TPSA) is 78.8 Å². The van der Waals surface area contributed by atoms with Crippen LogP contribution in [-0.2, 0) is 11.2 Å². The number of para-hydroxylation sites is 1. The first-order chi connectivity index (χ1) is 12.0. The molecule has 0 spiro atoms. The highest BCUT2D eigenvalue weighted by Gasteiger charge is 2.33. The third-order valence-electron chi connectivity index (χ3n) is 4.32. The molecule has 1 aliphatic rings. The van der Waals surface area contributed by atoms with Crippen LogP contribution in [0.4, 0.5) is 0 Å². The van der Waals surface area contributed by atoms with Crippen LogP contribution in [0.1, 0.15) is 23.5 Å². The summed E-state index contributed by atoms with van der Waals surface area (Å²) in [4.78, 5) is 12.2. The molecule has 5 nitrogen and oxygen atoms in total. The Morgan fingerprint density at radius 1 is 1.24 bits per heavy atom. The normalized spacial score (nSPS) is 16.7. The molecule has 0 fully saturated rings. The van der Waals surface area contributed by atoms with Crippen LogP contribution in [0.5, 0.6) is 5.75 Å². The van der Waals surface area contributed by atoms with Crippen LogP contribution in [0.2, 0.25) is 5.02 Å². The fourth-order valence-corrected chi connectivity index (χ4v) is 3.31. The van der Waals surface area contributed by atoms with Gasteiger partial charge >= 0.3 is 7.12 Å². The van der Waals surface area contributed by atoms with Crippen LogP contribution in [0.15, 0.2) is 48.5 Å². The average molecular weight is 360 g/mol. The van der Waals surface area contributed by atoms with Crippen molar-refractivity contribution in [3.05, 3.63) is 64.7 Å². The van der Waals surface area contributed by atoms with Gasteiger partial charge in [-0.15, -0.1) is 0 Å². The van der Waals surface area contributed by atoms with Crippen molar-refractivity contribution in [2.24, 2.45) is 0 Å². The summed E-state index contributed by atoms with van der Waals surface area (Å²) in [7, 11) is -1.65. The van der Waals surface area contributed by atoms with Gasteiger partial charge in [-0.1, -0.05) is 54.1 Å². The van der Waals surface area contributed by atoms with Crippen molar-refractivity contribution in [1.29, 1.82) is 0 Å². The van der Waals surface area contributed by atoms with Crippen LogP contribution in [0.25, 0.3) is 0 Å². The van der Waals surface area contributed by atoms with Gasteiger partial charge in [0.25, 0.3) is 0 Å². The highest BCUT2D eigenvalue weighted by Crippen LogP contribution is 2.41. The molecule has 1 unspecified atom stereocenters. The number of carbonyl (C=O) groups is 1. The SMILES string of the molecule is O=C(Cc1ccccc1)NC(C[C@H]1COc2c(Cl)cccc21)B(O)O. The van der Waals surface area contributed by atoms with Crippen molar-refractivity contribution >= 4 is 24.6 Å². The Balaban J connectivity index is 1.65. The van der Waals surface area contributed by atoms with E-state index in [1.165, 1.54) is 0 Å². The van der Waals surface area contributed by atoms with Crippen molar-refractivity contribution in [3.63, 3.8) is 0 Å². The maximum absolute atomic E-state index is 12.2. The predicted octanol–water partition coefficient (Wildman–Crippen LogP) is 1.95. The summed E-state index contributed by atoms with van der Waals surface area (Å²) in [6.07, 6.45) is 0.541. The van der Waals surface area contributed by atoms with E-state index in [0.717, 1.165) is 11.1 Å². The monoisotopic (exact) mass is 359 g/mol. The maximum atomic E-state index is 12.2. The molecule has 3 rings (SSSR count). The van der Waals surface area contributed by atoms with E-state index in [9.17, 15) is 14.8 Å². The van der Waals surface area contributed by atoms with Gasteiger partial charge in [0.2, 0.25) is 5.91 Å². The maximum Gasteiger partial charge on any atom is 0.475 e. The van der Waals surface area contributed by atoms with Crippen molar-refractivity contribution in [3.8, 4) is 5.75 Å². The zero-order valence-electron chi connectivity index (χ0n) is 13.6. The Morgan fingerprint density at radius 2 is 2.00 bits per heavy atom. The van der Waals surface area contributed by atoms with E-state index in [1.807, 2.05) is 42.5 Å². The first kappa shape index (κ1) is 17.8. The largest absolute Gasteiger partial charge is 0.491 e. The van der Waals surface area contributed by atoms with E-state index in [-0.39, 0.29) is 18.2 Å². The van der Waals surface area contributed by atoms with Gasteiger partial charge in [0.05, 0.1) is 24.0 Å². The molecule has 0 radical (unpaired) electrons. The number of ether oxygens (including phenoxy) is 1. The van der Waals surface area contributed by atoms with Crippen molar-refractivity contribution in [2.75, 3.05) is 6.61 Å². The second kappa shape index (κ2) is 7.91. The lowest BCUT2D eigenvalue weighted by atomic mass is 9.73. The highest BCUT2D eigenvalue weighted by molar-refractivity contribution is 6.43. The molecule has 2 atom stereocenters. The number of rotatable bonds is 6. The van der Waals surface area contributed by atoms with Gasteiger partial charge < -0.3 is 20.1 Å². The summed E-state index contributed by atoms with van der Waals surface area (Å²) in [5, 5.41) is 22.6. The minimum absolute atomic E-state index is 0.0578. The van der Waals surface area contributed by atoms with Gasteiger partial charge in [-0.2, -0.15) is 0 Å². The number of nitrogens with one attached hydrogen (secondary N) is 1. The molecule has 7 heteroatoms. The molecule has 1 aliphatic heterocycles. The number of halogens is 1. The van der Waals surface area contributed by atoms with E-state index in [1.54, 1.807) is 6.07 Å². The van der Waals surface area contributed by atoms with E-state index < -0.39 is 13.1 Å². The molecule has 0 saturated heterocycles.